The second-order valence-corrected chi connectivity index (χ2v) is 11.8. The minimum Gasteiger partial charge on any atom is -0.497 e. The predicted octanol–water partition coefficient (Wildman–Crippen LogP) is 3.99. The molecule has 0 N–H and O–H groups in total. The van der Waals surface area contributed by atoms with Gasteiger partial charge in [0.1, 0.15) is 18.1 Å². The summed E-state index contributed by atoms with van der Waals surface area (Å²) < 4.78 is 16.9. The molecule has 1 unspecified atom stereocenters. The maximum Gasteiger partial charge on any atom is 0.357 e. The number of thioether (sulfide) groups is 1. The van der Waals surface area contributed by atoms with E-state index in [1.807, 2.05) is 24.3 Å². The summed E-state index contributed by atoms with van der Waals surface area (Å²) in [6.07, 6.45) is 1.04. The van der Waals surface area contributed by atoms with Crippen molar-refractivity contribution in [2.45, 2.75) is 24.1 Å². The number of morpholine rings is 1. The number of nitriles is 1. The van der Waals surface area contributed by atoms with Crippen molar-refractivity contribution in [1.82, 2.24) is 9.88 Å². The molecule has 2 aromatic rings. The summed E-state index contributed by atoms with van der Waals surface area (Å²) in [5.41, 5.74) is 1.33. The van der Waals surface area contributed by atoms with Crippen LogP contribution in [0.4, 0.5) is 5.69 Å². The molecule has 39 heavy (non-hydrogen) atoms. The molecule has 1 saturated heterocycles. The molecule has 11 heteroatoms. The van der Waals surface area contributed by atoms with Gasteiger partial charge in [-0.1, -0.05) is 17.8 Å². The van der Waals surface area contributed by atoms with Gasteiger partial charge in [0.25, 0.3) is 0 Å². The zero-order valence-electron chi connectivity index (χ0n) is 22.5. The van der Waals surface area contributed by atoms with Gasteiger partial charge >= 0.3 is 5.97 Å². The molecule has 1 saturated carbocycles. The number of nitrogens with zero attached hydrogens (tertiary/aromatic N) is 4. The summed E-state index contributed by atoms with van der Waals surface area (Å²) in [5, 5.41) is 11.5. The van der Waals surface area contributed by atoms with Crippen molar-refractivity contribution in [3.05, 3.63) is 35.3 Å². The zero-order chi connectivity index (χ0) is 27.6. The fourth-order valence-electron chi connectivity index (χ4n) is 5.15. The van der Waals surface area contributed by atoms with Crippen LogP contribution in [0.3, 0.4) is 0 Å². The fourth-order valence-corrected chi connectivity index (χ4v) is 7.05. The minimum atomic E-state index is -0.408. The van der Waals surface area contributed by atoms with Crippen molar-refractivity contribution in [1.29, 1.82) is 5.26 Å². The topological polar surface area (TPSA) is 105 Å². The van der Waals surface area contributed by atoms with Crippen LogP contribution in [0.25, 0.3) is 0 Å². The van der Waals surface area contributed by atoms with E-state index >= 15 is 0 Å². The minimum absolute atomic E-state index is 0.0146. The van der Waals surface area contributed by atoms with Crippen LogP contribution in [0, 0.1) is 29.1 Å². The Bertz CT molecular complexity index is 1150. The van der Waals surface area contributed by atoms with Crippen molar-refractivity contribution >= 4 is 40.5 Å². The number of esters is 1. The summed E-state index contributed by atoms with van der Waals surface area (Å²) in [7, 11) is 1.64. The summed E-state index contributed by atoms with van der Waals surface area (Å²) in [6.45, 7) is 7.55. The number of ketones is 1. The third-order valence-corrected chi connectivity index (χ3v) is 9.42. The highest BCUT2D eigenvalue weighted by Gasteiger charge is 2.42. The maximum absolute atomic E-state index is 13.0. The molecule has 1 aliphatic heterocycles. The van der Waals surface area contributed by atoms with Crippen molar-refractivity contribution in [2.24, 2.45) is 17.8 Å². The Hall–Kier alpha value is -2.65. The van der Waals surface area contributed by atoms with Gasteiger partial charge < -0.3 is 19.1 Å². The van der Waals surface area contributed by atoms with Crippen LogP contribution < -0.4 is 9.64 Å². The van der Waals surface area contributed by atoms with Crippen LogP contribution in [-0.4, -0.2) is 87.0 Å². The standard InChI is InChI=1S/C28H36N4O5S2/c1-3-32(21-5-4-6-22(16-21)35-2)18-24-23(20(17-29)15-26(24)33)7-14-38-28-30-25(19-39-28)27(34)37-13-10-31-8-11-36-12-9-31/h4-6,16,19-20,23-24H,3,7-15,18H2,1-2H3/t20?,23-,24+/m0/s1. The number of benzene rings is 1. The second kappa shape index (κ2) is 14.7. The molecule has 1 aliphatic carbocycles. The molecule has 2 heterocycles. The van der Waals surface area contributed by atoms with Crippen molar-refractivity contribution in [2.75, 3.05) is 70.3 Å². The van der Waals surface area contributed by atoms with E-state index in [1.54, 1.807) is 24.3 Å². The summed E-state index contributed by atoms with van der Waals surface area (Å²) in [4.78, 5) is 34.2. The Morgan fingerprint density at radius 2 is 2.18 bits per heavy atom. The fraction of sp³-hybridized carbons (Fsp3) is 0.571. The molecule has 0 radical (unpaired) electrons. The molecule has 2 fully saturated rings. The maximum atomic E-state index is 13.0. The number of Topliss-reactive ketones (excluding diaryl/α,β-unsaturated/α-hetero) is 1. The quantitative estimate of drug-likeness (QED) is 0.258. The van der Waals surface area contributed by atoms with Gasteiger partial charge in [-0.25, -0.2) is 9.78 Å². The first-order valence-electron chi connectivity index (χ1n) is 13.4. The van der Waals surface area contributed by atoms with Gasteiger partial charge in [0.05, 0.1) is 32.3 Å². The van der Waals surface area contributed by atoms with Gasteiger partial charge in [0.2, 0.25) is 0 Å². The first-order chi connectivity index (χ1) is 19.0. The highest BCUT2D eigenvalue weighted by Crippen LogP contribution is 2.39. The number of ether oxygens (including phenoxy) is 3. The lowest BCUT2D eigenvalue weighted by molar-refractivity contribution is -0.121. The van der Waals surface area contributed by atoms with E-state index in [-0.39, 0.29) is 23.5 Å². The number of methoxy groups -OCH3 is 1. The molecule has 0 spiro atoms. The van der Waals surface area contributed by atoms with Crippen LogP contribution in [0.1, 0.15) is 30.3 Å². The van der Waals surface area contributed by atoms with E-state index in [1.165, 1.54) is 11.3 Å². The van der Waals surface area contributed by atoms with Crippen LogP contribution in [0.2, 0.25) is 0 Å². The average Bonchev–Trinajstić information content (AvgIpc) is 3.56. The van der Waals surface area contributed by atoms with Gasteiger partial charge in [-0.3, -0.25) is 9.69 Å². The summed E-state index contributed by atoms with van der Waals surface area (Å²) >= 11 is 2.98. The molecule has 210 valence electrons. The first kappa shape index (κ1) is 29.3. The molecule has 3 atom stereocenters. The molecular formula is C28H36N4O5S2. The van der Waals surface area contributed by atoms with Crippen LogP contribution in [-0.2, 0) is 14.3 Å². The molecule has 2 aliphatic rings. The van der Waals surface area contributed by atoms with E-state index in [4.69, 9.17) is 14.2 Å². The molecule has 1 aromatic heterocycles. The Morgan fingerprint density at radius 1 is 1.36 bits per heavy atom. The Morgan fingerprint density at radius 3 is 2.92 bits per heavy atom. The Balaban J connectivity index is 1.29. The van der Waals surface area contributed by atoms with Gasteiger partial charge in [-0.05, 0) is 31.4 Å². The Kier molecular flexibility index (Phi) is 11.0. The second-order valence-electron chi connectivity index (χ2n) is 9.64. The number of rotatable bonds is 13. The van der Waals surface area contributed by atoms with E-state index in [2.05, 4.69) is 27.8 Å². The molecule has 0 amide bonds. The lowest BCUT2D eigenvalue weighted by Gasteiger charge is -2.29. The smallest absolute Gasteiger partial charge is 0.357 e. The van der Waals surface area contributed by atoms with Gasteiger partial charge in [-0.15, -0.1) is 11.3 Å². The van der Waals surface area contributed by atoms with Gasteiger partial charge in [0.15, 0.2) is 10.0 Å². The van der Waals surface area contributed by atoms with Gasteiger partial charge in [-0.2, -0.15) is 5.26 Å². The van der Waals surface area contributed by atoms with Crippen molar-refractivity contribution in [3.63, 3.8) is 0 Å². The number of anilines is 1. The average molecular weight is 573 g/mol. The van der Waals surface area contributed by atoms with Crippen LogP contribution in [0.5, 0.6) is 5.75 Å². The molecule has 4 rings (SSSR count). The third kappa shape index (κ3) is 7.94. The number of aromatic nitrogens is 1. The molecule has 1 aromatic carbocycles. The number of carbonyl (C=O) groups is 2. The van der Waals surface area contributed by atoms with Crippen LogP contribution in [0.15, 0.2) is 34.0 Å². The number of carbonyl (C=O) groups excluding carboxylic acids is 2. The van der Waals surface area contributed by atoms with Crippen molar-refractivity contribution in [3.8, 4) is 11.8 Å². The highest BCUT2D eigenvalue weighted by atomic mass is 32.2. The van der Waals surface area contributed by atoms with E-state index in [9.17, 15) is 14.9 Å². The summed E-state index contributed by atoms with van der Waals surface area (Å²) in [6, 6.07) is 10.2. The number of thiazole rings is 1. The monoisotopic (exact) mass is 572 g/mol. The summed E-state index contributed by atoms with van der Waals surface area (Å²) in [5.74, 6) is 0.755. The first-order valence-corrected chi connectivity index (χ1v) is 15.3. The normalized spacial score (nSPS) is 21.5. The van der Waals surface area contributed by atoms with E-state index in [0.717, 1.165) is 47.6 Å². The van der Waals surface area contributed by atoms with E-state index in [0.29, 0.717) is 45.0 Å². The molecule has 0 bridgehead atoms. The predicted molar refractivity (Wildman–Crippen MR) is 152 cm³/mol. The SMILES string of the molecule is CCN(C[C@H]1C(=O)CC(C#N)[C@@H]1CCSc1nc(C(=O)OCCN2CCOCC2)cs1)c1cccc(OC)c1. The molecule has 9 nitrogen and oxygen atoms in total. The van der Waals surface area contributed by atoms with E-state index < -0.39 is 5.97 Å². The number of hydrogen-bond donors (Lipinski definition) is 0. The zero-order valence-corrected chi connectivity index (χ0v) is 24.2. The third-order valence-electron chi connectivity index (χ3n) is 7.36. The Labute approximate surface area is 238 Å². The largest absolute Gasteiger partial charge is 0.497 e. The highest BCUT2D eigenvalue weighted by molar-refractivity contribution is 8.01. The van der Waals surface area contributed by atoms with Crippen LogP contribution >= 0.6 is 23.1 Å². The lowest BCUT2D eigenvalue weighted by Crippen LogP contribution is -2.38. The van der Waals surface area contributed by atoms with Crippen molar-refractivity contribution < 1.29 is 23.8 Å². The van der Waals surface area contributed by atoms with Gasteiger partial charge in [0, 0.05) is 67.9 Å². The number of hydrogen-bond acceptors (Lipinski definition) is 11. The lowest BCUT2D eigenvalue weighted by atomic mass is 9.87. The molecular weight excluding hydrogens is 536 g/mol.